The van der Waals surface area contributed by atoms with Crippen LogP contribution in [-0.2, 0) is 4.79 Å². The highest BCUT2D eigenvalue weighted by atomic mass is 32.2. The van der Waals surface area contributed by atoms with Crippen molar-refractivity contribution in [1.82, 2.24) is 10.2 Å². The van der Waals surface area contributed by atoms with Crippen LogP contribution in [0.3, 0.4) is 0 Å². The Morgan fingerprint density at radius 2 is 2.29 bits per heavy atom. The van der Waals surface area contributed by atoms with Gasteiger partial charge in [-0.15, -0.1) is 10.2 Å². The quantitative estimate of drug-likeness (QED) is 0.772. The molecule has 1 aromatic heterocycles. The number of hydrogen-bond donors (Lipinski definition) is 1. The lowest BCUT2D eigenvalue weighted by atomic mass is 10.1. The molecule has 0 aliphatic rings. The second-order valence-corrected chi connectivity index (χ2v) is 4.53. The lowest BCUT2D eigenvalue weighted by molar-refractivity contribution is -0.139. The Kier molecular flexibility index (Phi) is 3.15. The largest absolute Gasteiger partial charge is 0.480 e. The summed E-state index contributed by atoms with van der Waals surface area (Å²) in [6.07, 6.45) is 0.494. The van der Waals surface area contributed by atoms with Gasteiger partial charge in [-0.3, -0.25) is 4.79 Å². The van der Waals surface area contributed by atoms with E-state index in [1.165, 1.54) is 0 Å². The number of carboxylic acids is 1. The van der Waals surface area contributed by atoms with E-state index in [0.29, 0.717) is 17.5 Å². The molecule has 0 aromatic carbocycles. The zero-order valence-electron chi connectivity index (χ0n) is 8.27. The average molecular weight is 216 g/mol. The molecule has 1 N–H and O–H groups in total. The number of hydrogen-bond acceptors (Lipinski definition) is 5. The molecule has 1 atom stereocenters. The molecule has 1 unspecified atom stereocenters. The van der Waals surface area contributed by atoms with Crippen LogP contribution in [0, 0.1) is 6.92 Å². The summed E-state index contributed by atoms with van der Waals surface area (Å²) >= 11 is 1.08. The SMILES string of the molecule is CCC(C)(Sc1nnc(C)o1)C(=O)O. The summed E-state index contributed by atoms with van der Waals surface area (Å²) in [7, 11) is 0. The Bertz CT molecular complexity index is 339. The van der Waals surface area contributed by atoms with Gasteiger partial charge >= 0.3 is 5.97 Å². The summed E-state index contributed by atoms with van der Waals surface area (Å²) in [5.41, 5.74) is 0. The molecule has 1 rings (SSSR count). The van der Waals surface area contributed by atoms with Gasteiger partial charge in [0.15, 0.2) is 0 Å². The van der Waals surface area contributed by atoms with Crippen LogP contribution >= 0.6 is 11.8 Å². The minimum absolute atomic E-state index is 0.300. The molecule has 0 saturated carbocycles. The van der Waals surface area contributed by atoms with E-state index in [-0.39, 0.29) is 0 Å². The number of rotatable bonds is 4. The number of aryl methyl sites for hydroxylation is 1. The first-order valence-corrected chi connectivity index (χ1v) is 5.02. The predicted octanol–water partition coefficient (Wildman–Crippen LogP) is 1.72. The minimum atomic E-state index is -0.904. The van der Waals surface area contributed by atoms with E-state index < -0.39 is 10.7 Å². The van der Waals surface area contributed by atoms with Gasteiger partial charge in [-0.2, -0.15) is 0 Å². The van der Waals surface area contributed by atoms with Crippen molar-refractivity contribution in [1.29, 1.82) is 0 Å². The van der Waals surface area contributed by atoms with E-state index in [9.17, 15) is 4.79 Å². The number of carbonyl (C=O) groups is 1. The number of aliphatic carboxylic acids is 1. The van der Waals surface area contributed by atoms with Gasteiger partial charge in [0, 0.05) is 6.92 Å². The van der Waals surface area contributed by atoms with Crippen molar-refractivity contribution in [3.63, 3.8) is 0 Å². The summed E-state index contributed by atoms with van der Waals surface area (Å²) in [5.74, 6) is -0.433. The van der Waals surface area contributed by atoms with E-state index in [4.69, 9.17) is 9.52 Å². The maximum absolute atomic E-state index is 11.0. The maximum Gasteiger partial charge on any atom is 0.320 e. The first-order valence-electron chi connectivity index (χ1n) is 4.20. The highest BCUT2D eigenvalue weighted by Gasteiger charge is 2.34. The van der Waals surface area contributed by atoms with Gasteiger partial charge in [-0.25, -0.2) is 0 Å². The summed E-state index contributed by atoms with van der Waals surface area (Å²) in [6, 6.07) is 0. The fraction of sp³-hybridized carbons (Fsp3) is 0.625. The van der Waals surface area contributed by atoms with Gasteiger partial charge in [0.25, 0.3) is 5.22 Å². The highest BCUT2D eigenvalue weighted by molar-refractivity contribution is 8.01. The first kappa shape index (κ1) is 11.0. The van der Waals surface area contributed by atoms with Crippen molar-refractivity contribution in [2.75, 3.05) is 0 Å². The van der Waals surface area contributed by atoms with Crippen molar-refractivity contribution < 1.29 is 14.3 Å². The third-order valence-electron chi connectivity index (χ3n) is 1.95. The number of thioether (sulfide) groups is 1. The summed E-state index contributed by atoms with van der Waals surface area (Å²) in [6.45, 7) is 5.12. The highest BCUT2D eigenvalue weighted by Crippen LogP contribution is 2.34. The average Bonchev–Trinajstić information content (AvgIpc) is 2.50. The summed E-state index contributed by atoms with van der Waals surface area (Å²) in [4.78, 5) is 11.0. The van der Waals surface area contributed by atoms with Gasteiger partial charge in [0.05, 0.1) is 0 Å². The van der Waals surface area contributed by atoms with Crippen LogP contribution in [0.4, 0.5) is 0 Å². The fourth-order valence-electron chi connectivity index (χ4n) is 0.779. The standard InChI is InChI=1S/C8H12N2O3S/c1-4-8(3,6(11)12)14-7-10-9-5(2)13-7/h4H2,1-3H3,(H,11,12). The van der Waals surface area contributed by atoms with E-state index in [1.807, 2.05) is 6.92 Å². The van der Waals surface area contributed by atoms with E-state index in [2.05, 4.69) is 10.2 Å². The Morgan fingerprint density at radius 1 is 1.64 bits per heavy atom. The van der Waals surface area contributed by atoms with Crippen LogP contribution in [0.5, 0.6) is 0 Å². The zero-order valence-corrected chi connectivity index (χ0v) is 9.09. The Hall–Kier alpha value is -1.04. The van der Waals surface area contributed by atoms with Gasteiger partial charge in [-0.1, -0.05) is 6.92 Å². The molecule has 0 aliphatic heterocycles. The molecule has 0 amide bonds. The fourth-order valence-corrected chi connectivity index (χ4v) is 1.64. The Labute approximate surface area is 85.9 Å². The number of carboxylic acid groups (broad SMARTS) is 1. The summed E-state index contributed by atoms with van der Waals surface area (Å²) < 4.78 is 4.20. The third kappa shape index (κ3) is 2.25. The van der Waals surface area contributed by atoms with Crippen molar-refractivity contribution in [2.45, 2.75) is 37.2 Å². The normalized spacial score (nSPS) is 15.1. The number of nitrogens with zero attached hydrogens (tertiary/aromatic N) is 2. The zero-order chi connectivity index (χ0) is 10.8. The van der Waals surface area contributed by atoms with Crippen molar-refractivity contribution in [3.05, 3.63) is 5.89 Å². The molecule has 1 heterocycles. The van der Waals surface area contributed by atoms with Gasteiger partial charge in [-0.05, 0) is 25.1 Å². The molecule has 0 bridgehead atoms. The Balaban J connectivity index is 2.80. The second-order valence-electron chi connectivity index (χ2n) is 3.08. The van der Waals surface area contributed by atoms with Crippen LogP contribution in [0.1, 0.15) is 26.2 Å². The molecule has 0 aliphatic carbocycles. The van der Waals surface area contributed by atoms with Crippen LogP contribution in [0.2, 0.25) is 0 Å². The number of aromatic nitrogens is 2. The molecule has 1 aromatic rings. The van der Waals surface area contributed by atoms with E-state index in [0.717, 1.165) is 11.8 Å². The summed E-state index contributed by atoms with van der Waals surface area (Å²) in [5, 5.41) is 16.7. The molecular formula is C8H12N2O3S. The second kappa shape index (κ2) is 4.00. The van der Waals surface area contributed by atoms with Crippen LogP contribution in [0.15, 0.2) is 9.64 Å². The topological polar surface area (TPSA) is 76.2 Å². The molecular weight excluding hydrogens is 204 g/mol. The van der Waals surface area contributed by atoms with Crippen LogP contribution in [-0.4, -0.2) is 26.0 Å². The van der Waals surface area contributed by atoms with Gasteiger partial charge < -0.3 is 9.52 Å². The van der Waals surface area contributed by atoms with Gasteiger partial charge in [0.1, 0.15) is 4.75 Å². The molecule has 78 valence electrons. The van der Waals surface area contributed by atoms with E-state index in [1.54, 1.807) is 13.8 Å². The molecule has 0 fully saturated rings. The third-order valence-corrected chi connectivity index (χ3v) is 3.20. The molecule has 0 saturated heterocycles. The predicted molar refractivity (Wildman–Crippen MR) is 51.2 cm³/mol. The maximum atomic E-state index is 11.0. The van der Waals surface area contributed by atoms with E-state index >= 15 is 0 Å². The Morgan fingerprint density at radius 3 is 2.64 bits per heavy atom. The van der Waals surface area contributed by atoms with Crippen molar-refractivity contribution in [3.8, 4) is 0 Å². The molecule has 0 radical (unpaired) electrons. The lowest BCUT2D eigenvalue weighted by Gasteiger charge is -2.19. The van der Waals surface area contributed by atoms with Crippen LogP contribution in [0.25, 0.3) is 0 Å². The molecule has 5 nitrogen and oxygen atoms in total. The smallest absolute Gasteiger partial charge is 0.320 e. The minimum Gasteiger partial charge on any atom is -0.480 e. The van der Waals surface area contributed by atoms with Crippen LogP contribution < -0.4 is 0 Å². The van der Waals surface area contributed by atoms with Crippen molar-refractivity contribution in [2.24, 2.45) is 0 Å². The van der Waals surface area contributed by atoms with Gasteiger partial charge in [0.2, 0.25) is 5.89 Å². The first-order chi connectivity index (χ1) is 6.48. The monoisotopic (exact) mass is 216 g/mol. The lowest BCUT2D eigenvalue weighted by Crippen LogP contribution is -2.30. The van der Waals surface area contributed by atoms with Crippen molar-refractivity contribution >= 4 is 17.7 Å². The molecule has 0 spiro atoms. The molecule has 14 heavy (non-hydrogen) atoms. The molecule has 6 heteroatoms.